The fourth-order valence-electron chi connectivity index (χ4n) is 1.00. The lowest BCUT2D eigenvalue weighted by Gasteiger charge is -2.04. The first kappa shape index (κ1) is 10.4. The molecule has 1 N–H and O–H groups in total. The van der Waals surface area contributed by atoms with E-state index in [-0.39, 0.29) is 12.4 Å². The molecular formula is C8H5F3N4O. The number of nitrogens with zero attached hydrogens (tertiary/aromatic N) is 3. The third kappa shape index (κ3) is 2.10. The molecule has 2 rings (SSSR count). The molecule has 0 unspecified atom stereocenters. The fourth-order valence-corrected chi connectivity index (χ4v) is 1.00. The van der Waals surface area contributed by atoms with E-state index in [4.69, 9.17) is 0 Å². The third-order valence-electron chi connectivity index (χ3n) is 1.71. The molecule has 0 bridgehead atoms. The van der Waals surface area contributed by atoms with Gasteiger partial charge < -0.3 is 9.84 Å². The van der Waals surface area contributed by atoms with Gasteiger partial charge in [-0.1, -0.05) is 5.16 Å². The molecule has 8 heteroatoms. The summed E-state index contributed by atoms with van der Waals surface area (Å²) in [6, 6.07) is 0.404. The summed E-state index contributed by atoms with van der Waals surface area (Å²) >= 11 is 0. The van der Waals surface area contributed by atoms with E-state index >= 15 is 0 Å². The minimum absolute atomic E-state index is 0.00844. The van der Waals surface area contributed by atoms with Crippen LogP contribution >= 0.6 is 0 Å². The van der Waals surface area contributed by atoms with Gasteiger partial charge in [-0.25, -0.2) is 8.78 Å². The van der Waals surface area contributed by atoms with Gasteiger partial charge in [0.1, 0.15) is 0 Å². The zero-order valence-corrected chi connectivity index (χ0v) is 7.75. The van der Waals surface area contributed by atoms with Crippen LogP contribution in [-0.4, -0.2) is 15.1 Å². The lowest BCUT2D eigenvalue weighted by molar-refractivity contribution is 0.410. The number of hydrogen-bond acceptors (Lipinski definition) is 5. The van der Waals surface area contributed by atoms with Gasteiger partial charge >= 0.3 is 0 Å². The molecule has 0 amide bonds. The van der Waals surface area contributed by atoms with Crippen LogP contribution in [0.4, 0.5) is 19.0 Å². The van der Waals surface area contributed by atoms with Crippen molar-refractivity contribution in [3.05, 3.63) is 35.9 Å². The van der Waals surface area contributed by atoms with Crippen molar-refractivity contribution in [2.24, 2.45) is 0 Å². The Labute approximate surface area is 87.3 Å². The van der Waals surface area contributed by atoms with E-state index in [1.807, 2.05) is 0 Å². The summed E-state index contributed by atoms with van der Waals surface area (Å²) in [4.78, 5) is 6.70. The zero-order valence-electron chi connectivity index (χ0n) is 7.75. The van der Waals surface area contributed by atoms with Crippen LogP contribution in [0.25, 0.3) is 0 Å². The Kier molecular flexibility index (Phi) is 2.71. The van der Waals surface area contributed by atoms with Crippen molar-refractivity contribution < 1.29 is 17.7 Å². The monoisotopic (exact) mass is 230 g/mol. The highest BCUT2D eigenvalue weighted by Gasteiger charge is 2.11. The Morgan fingerprint density at radius 3 is 2.75 bits per heavy atom. The molecule has 0 aromatic carbocycles. The predicted octanol–water partition coefficient (Wildman–Crippen LogP) is 1.49. The second kappa shape index (κ2) is 4.17. The van der Waals surface area contributed by atoms with Gasteiger partial charge in [0.05, 0.1) is 6.54 Å². The van der Waals surface area contributed by atoms with Crippen molar-refractivity contribution in [1.29, 1.82) is 0 Å². The van der Waals surface area contributed by atoms with Crippen LogP contribution in [-0.2, 0) is 6.54 Å². The molecule has 0 saturated heterocycles. The van der Waals surface area contributed by atoms with Gasteiger partial charge in [0.25, 0.3) is 5.95 Å². The molecule has 0 radical (unpaired) electrons. The third-order valence-corrected chi connectivity index (χ3v) is 1.71. The van der Waals surface area contributed by atoms with Crippen LogP contribution in [0.1, 0.15) is 5.82 Å². The highest BCUT2D eigenvalue weighted by atomic mass is 19.2. The summed E-state index contributed by atoms with van der Waals surface area (Å²) in [5, 5.41) is 5.84. The number of pyridine rings is 1. The Morgan fingerprint density at radius 1 is 1.25 bits per heavy atom. The quantitative estimate of drug-likeness (QED) is 0.809. The number of anilines is 1. The number of aromatic nitrogens is 3. The van der Waals surface area contributed by atoms with E-state index in [0.29, 0.717) is 6.07 Å². The van der Waals surface area contributed by atoms with Gasteiger partial charge in [-0.15, -0.1) is 0 Å². The summed E-state index contributed by atoms with van der Waals surface area (Å²) in [5.74, 6) is -3.89. The highest BCUT2D eigenvalue weighted by molar-refractivity contribution is 5.36. The molecule has 2 heterocycles. The average Bonchev–Trinajstić information content (AvgIpc) is 2.74. The van der Waals surface area contributed by atoms with E-state index in [1.54, 1.807) is 0 Å². The largest absolute Gasteiger partial charge is 0.360 e. The Morgan fingerprint density at radius 2 is 2.06 bits per heavy atom. The van der Waals surface area contributed by atoms with Crippen molar-refractivity contribution in [3.8, 4) is 0 Å². The number of nitrogens with one attached hydrogen (secondary N) is 1. The van der Waals surface area contributed by atoms with Crippen LogP contribution in [0.5, 0.6) is 0 Å². The van der Waals surface area contributed by atoms with Gasteiger partial charge in [-0.2, -0.15) is 14.4 Å². The molecule has 0 atom stereocenters. The second-order valence-corrected chi connectivity index (χ2v) is 2.79. The van der Waals surface area contributed by atoms with Crippen molar-refractivity contribution >= 4 is 5.82 Å². The maximum absolute atomic E-state index is 13.1. The molecule has 0 spiro atoms. The summed E-state index contributed by atoms with van der Waals surface area (Å²) in [6.45, 7) is -0.00844. The van der Waals surface area contributed by atoms with Crippen molar-refractivity contribution in [1.82, 2.24) is 15.1 Å². The maximum atomic E-state index is 13.1. The Bertz CT molecular complexity index is 488. The van der Waals surface area contributed by atoms with Crippen LogP contribution in [0.3, 0.4) is 0 Å². The van der Waals surface area contributed by atoms with Crippen LogP contribution in [0.15, 0.2) is 17.0 Å². The summed E-state index contributed by atoms with van der Waals surface area (Å²) in [5.41, 5.74) is 0. The zero-order chi connectivity index (χ0) is 11.5. The second-order valence-electron chi connectivity index (χ2n) is 2.79. The Balaban J connectivity index is 2.12. The van der Waals surface area contributed by atoms with Gasteiger partial charge in [0, 0.05) is 6.07 Å². The molecule has 84 valence electrons. The van der Waals surface area contributed by atoms with E-state index < -0.39 is 23.4 Å². The predicted molar refractivity (Wildman–Crippen MR) is 45.7 cm³/mol. The van der Waals surface area contributed by atoms with E-state index in [0.717, 1.165) is 6.39 Å². The number of rotatable bonds is 3. The maximum Gasteiger partial charge on any atom is 0.251 e. The fraction of sp³-hybridized carbons (Fsp3) is 0.125. The van der Waals surface area contributed by atoms with Gasteiger partial charge in [0.15, 0.2) is 23.3 Å². The van der Waals surface area contributed by atoms with Gasteiger partial charge in [0.2, 0.25) is 6.39 Å². The van der Waals surface area contributed by atoms with E-state index in [9.17, 15) is 13.2 Å². The van der Waals surface area contributed by atoms with Gasteiger partial charge in [-0.05, 0) is 0 Å². The highest BCUT2D eigenvalue weighted by Crippen LogP contribution is 2.14. The van der Waals surface area contributed by atoms with E-state index in [2.05, 4.69) is 25.0 Å². The first-order chi connectivity index (χ1) is 7.66. The molecule has 0 saturated carbocycles. The first-order valence-electron chi connectivity index (χ1n) is 4.17. The first-order valence-corrected chi connectivity index (χ1v) is 4.17. The van der Waals surface area contributed by atoms with Crippen LogP contribution in [0.2, 0.25) is 0 Å². The molecule has 0 aliphatic heterocycles. The Hall–Kier alpha value is -2.12. The summed E-state index contributed by atoms with van der Waals surface area (Å²) < 4.78 is 42.7. The molecule has 0 aliphatic carbocycles. The minimum atomic E-state index is -1.38. The summed E-state index contributed by atoms with van der Waals surface area (Å²) in [6.07, 6.45) is 1.09. The molecule has 2 aromatic rings. The number of halogens is 3. The van der Waals surface area contributed by atoms with Crippen LogP contribution < -0.4 is 5.32 Å². The summed E-state index contributed by atoms with van der Waals surface area (Å²) in [7, 11) is 0. The molecule has 0 aliphatic rings. The SMILES string of the molecule is Fc1cc(F)c(NCc2ncon2)nc1F. The lowest BCUT2D eigenvalue weighted by Crippen LogP contribution is -2.07. The van der Waals surface area contributed by atoms with Crippen LogP contribution in [0, 0.1) is 17.6 Å². The minimum Gasteiger partial charge on any atom is -0.360 e. The molecule has 5 nitrogen and oxygen atoms in total. The van der Waals surface area contributed by atoms with Crippen molar-refractivity contribution in [2.45, 2.75) is 6.54 Å². The number of hydrogen-bond donors (Lipinski definition) is 1. The molecule has 2 aromatic heterocycles. The normalized spacial score (nSPS) is 10.4. The molecule has 0 fully saturated rings. The standard InChI is InChI=1S/C8H5F3N4O/c9-4-1-5(10)8(14-7(4)11)12-2-6-13-3-16-15-6/h1,3H,2H2,(H,12,14). The van der Waals surface area contributed by atoms with Crippen molar-refractivity contribution in [3.63, 3.8) is 0 Å². The average molecular weight is 230 g/mol. The molecule has 16 heavy (non-hydrogen) atoms. The smallest absolute Gasteiger partial charge is 0.251 e. The molecular weight excluding hydrogens is 225 g/mol. The van der Waals surface area contributed by atoms with E-state index in [1.165, 1.54) is 0 Å². The topological polar surface area (TPSA) is 63.8 Å². The van der Waals surface area contributed by atoms with Crippen molar-refractivity contribution in [2.75, 3.05) is 5.32 Å². The lowest BCUT2D eigenvalue weighted by atomic mass is 10.4. The van der Waals surface area contributed by atoms with Gasteiger partial charge in [-0.3, -0.25) is 0 Å².